The Bertz CT molecular complexity index is 297. The van der Waals surface area contributed by atoms with Crippen molar-refractivity contribution in [3.8, 4) is 0 Å². The van der Waals surface area contributed by atoms with Gasteiger partial charge in [-0.15, -0.1) is 0 Å². The van der Waals surface area contributed by atoms with E-state index in [2.05, 4.69) is 32.0 Å². The molecule has 0 N–H and O–H groups in total. The van der Waals surface area contributed by atoms with Crippen LogP contribution in [0.2, 0.25) is 0 Å². The minimum atomic E-state index is 0.862. The van der Waals surface area contributed by atoms with Crippen molar-refractivity contribution in [1.82, 2.24) is 0 Å². The fourth-order valence-corrected chi connectivity index (χ4v) is 2.65. The second-order valence-electron chi connectivity index (χ2n) is 4.17. The second kappa shape index (κ2) is 3.53. The Morgan fingerprint density at radius 1 is 1.38 bits per heavy atom. The summed E-state index contributed by atoms with van der Waals surface area (Å²) in [5, 5.41) is 0. The Morgan fingerprint density at radius 3 is 3.00 bits per heavy atom. The van der Waals surface area contributed by atoms with E-state index in [0.717, 1.165) is 5.92 Å². The van der Waals surface area contributed by atoms with Crippen LogP contribution in [-0.4, -0.2) is 0 Å². The van der Waals surface area contributed by atoms with E-state index in [9.17, 15) is 0 Å². The number of rotatable bonds is 2. The van der Waals surface area contributed by atoms with Crippen molar-refractivity contribution in [2.45, 2.75) is 45.4 Å². The monoisotopic (exact) mass is 174 g/mol. The summed E-state index contributed by atoms with van der Waals surface area (Å²) in [6.45, 7) is 4.54. The van der Waals surface area contributed by atoms with Crippen LogP contribution in [0.15, 0.2) is 18.2 Å². The predicted molar refractivity (Wildman–Crippen MR) is 57.1 cm³/mol. The van der Waals surface area contributed by atoms with Crippen LogP contribution in [0.3, 0.4) is 0 Å². The Balaban J connectivity index is 2.34. The van der Waals surface area contributed by atoms with Crippen molar-refractivity contribution >= 4 is 0 Å². The summed E-state index contributed by atoms with van der Waals surface area (Å²) in [6.07, 6.45) is 5.38. The van der Waals surface area contributed by atoms with Crippen LogP contribution < -0.4 is 0 Å². The predicted octanol–water partition coefficient (Wildman–Crippen LogP) is 3.82. The van der Waals surface area contributed by atoms with Crippen LogP contribution in [0.25, 0.3) is 0 Å². The summed E-state index contributed by atoms with van der Waals surface area (Å²) < 4.78 is 0. The van der Waals surface area contributed by atoms with Crippen molar-refractivity contribution in [2.24, 2.45) is 0 Å². The van der Waals surface area contributed by atoms with E-state index in [1.807, 2.05) is 0 Å². The Morgan fingerprint density at radius 2 is 2.23 bits per heavy atom. The SMILES string of the molecule is CCCC1CCc2cccc(C)c21. The van der Waals surface area contributed by atoms with Crippen LogP contribution in [0.1, 0.15) is 48.8 Å². The molecule has 2 rings (SSSR count). The molecule has 0 saturated carbocycles. The normalized spacial score (nSPS) is 20.3. The van der Waals surface area contributed by atoms with Gasteiger partial charge in [-0.25, -0.2) is 0 Å². The molecular weight excluding hydrogens is 156 g/mol. The van der Waals surface area contributed by atoms with Crippen LogP contribution in [-0.2, 0) is 6.42 Å². The molecule has 0 heterocycles. The molecule has 0 fully saturated rings. The van der Waals surface area contributed by atoms with Gasteiger partial charge in [0.25, 0.3) is 0 Å². The van der Waals surface area contributed by atoms with Gasteiger partial charge < -0.3 is 0 Å². The van der Waals surface area contributed by atoms with Gasteiger partial charge in [0.2, 0.25) is 0 Å². The maximum absolute atomic E-state index is 2.30. The molecule has 1 unspecified atom stereocenters. The molecule has 13 heavy (non-hydrogen) atoms. The van der Waals surface area contributed by atoms with Gasteiger partial charge in [-0.05, 0) is 48.8 Å². The van der Waals surface area contributed by atoms with Gasteiger partial charge in [0, 0.05) is 0 Å². The lowest BCUT2D eigenvalue weighted by molar-refractivity contribution is 0.606. The van der Waals surface area contributed by atoms with Crippen molar-refractivity contribution in [2.75, 3.05) is 0 Å². The lowest BCUT2D eigenvalue weighted by Gasteiger charge is -2.12. The molecule has 70 valence electrons. The Hall–Kier alpha value is -0.780. The molecule has 0 aliphatic heterocycles. The lowest BCUT2D eigenvalue weighted by Crippen LogP contribution is -1.95. The summed E-state index contributed by atoms with van der Waals surface area (Å²) in [6, 6.07) is 6.76. The van der Waals surface area contributed by atoms with Gasteiger partial charge in [-0.2, -0.15) is 0 Å². The van der Waals surface area contributed by atoms with Crippen LogP contribution in [0, 0.1) is 6.92 Å². The molecule has 1 atom stereocenters. The summed E-state index contributed by atoms with van der Waals surface area (Å²) in [4.78, 5) is 0. The highest BCUT2D eigenvalue weighted by Crippen LogP contribution is 2.37. The zero-order chi connectivity index (χ0) is 9.26. The zero-order valence-corrected chi connectivity index (χ0v) is 8.64. The maximum Gasteiger partial charge on any atom is -0.0154 e. The van der Waals surface area contributed by atoms with E-state index in [1.165, 1.54) is 31.2 Å². The van der Waals surface area contributed by atoms with Crippen LogP contribution in [0.4, 0.5) is 0 Å². The van der Waals surface area contributed by atoms with E-state index in [1.54, 1.807) is 11.1 Å². The highest BCUT2D eigenvalue weighted by atomic mass is 14.3. The number of aryl methyl sites for hydroxylation is 2. The Kier molecular flexibility index (Phi) is 2.39. The molecular formula is C13H18. The summed E-state index contributed by atoms with van der Waals surface area (Å²) >= 11 is 0. The van der Waals surface area contributed by atoms with E-state index in [-0.39, 0.29) is 0 Å². The third kappa shape index (κ3) is 1.50. The van der Waals surface area contributed by atoms with Gasteiger partial charge >= 0.3 is 0 Å². The summed E-state index contributed by atoms with van der Waals surface area (Å²) in [7, 11) is 0. The molecule has 0 amide bonds. The number of fused-ring (bicyclic) bond motifs is 1. The standard InChI is InChI=1S/C13H18/c1-3-5-11-8-9-12-7-4-6-10(2)13(11)12/h4,6-7,11H,3,5,8-9H2,1-2H3. The molecule has 1 aliphatic rings. The van der Waals surface area contributed by atoms with E-state index < -0.39 is 0 Å². The largest absolute Gasteiger partial charge is 0.0654 e. The van der Waals surface area contributed by atoms with Gasteiger partial charge in [-0.3, -0.25) is 0 Å². The van der Waals surface area contributed by atoms with Gasteiger partial charge in [-0.1, -0.05) is 31.5 Å². The maximum atomic E-state index is 2.30. The highest BCUT2D eigenvalue weighted by Gasteiger charge is 2.22. The first kappa shape index (κ1) is 8.80. The topological polar surface area (TPSA) is 0 Å². The first-order valence-electron chi connectivity index (χ1n) is 5.41. The molecule has 0 nitrogen and oxygen atoms in total. The molecule has 1 aliphatic carbocycles. The molecule has 0 aromatic heterocycles. The van der Waals surface area contributed by atoms with Gasteiger partial charge in [0.1, 0.15) is 0 Å². The lowest BCUT2D eigenvalue weighted by atomic mass is 9.93. The molecule has 0 heteroatoms. The quantitative estimate of drug-likeness (QED) is 0.639. The van der Waals surface area contributed by atoms with Crippen molar-refractivity contribution in [1.29, 1.82) is 0 Å². The van der Waals surface area contributed by atoms with Gasteiger partial charge in [0.15, 0.2) is 0 Å². The first-order valence-corrected chi connectivity index (χ1v) is 5.41. The Labute approximate surface area is 81.0 Å². The van der Waals surface area contributed by atoms with Crippen molar-refractivity contribution in [3.05, 3.63) is 34.9 Å². The molecule has 1 aromatic carbocycles. The molecule has 0 saturated heterocycles. The second-order valence-corrected chi connectivity index (χ2v) is 4.17. The third-order valence-electron chi connectivity index (χ3n) is 3.22. The minimum Gasteiger partial charge on any atom is -0.0654 e. The van der Waals surface area contributed by atoms with E-state index >= 15 is 0 Å². The molecule has 0 radical (unpaired) electrons. The van der Waals surface area contributed by atoms with Gasteiger partial charge in [0.05, 0.1) is 0 Å². The molecule has 1 aromatic rings. The summed E-state index contributed by atoms with van der Waals surface area (Å²) in [5.74, 6) is 0.862. The number of hydrogen-bond donors (Lipinski definition) is 0. The fraction of sp³-hybridized carbons (Fsp3) is 0.538. The highest BCUT2D eigenvalue weighted by molar-refractivity contribution is 5.40. The van der Waals surface area contributed by atoms with E-state index in [0.29, 0.717) is 0 Å². The van der Waals surface area contributed by atoms with E-state index in [4.69, 9.17) is 0 Å². The smallest absolute Gasteiger partial charge is 0.0154 e. The third-order valence-corrected chi connectivity index (χ3v) is 3.22. The molecule has 0 spiro atoms. The number of benzene rings is 1. The van der Waals surface area contributed by atoms with Crippen LogP contribution in [0.5, 0.6) is 0 Å². The van der Waals surface area contributed by atoms with Crippen molar-refractivity contribution in [3.63, 3.8) is 0 Å². The molecule has 0 bridgehead atoms. The zero-order valence-electron chi connectivity index (χ0n) is 8.64. The average Bonchev–Trinajstić information content (AvgIpc) is 2.51. The summed E-state index contributed by atoms with van der Waals surface area (Å²) in [5.41, 5.74) is 4.79. The van der Waals surface area contributed by atoms with Crippen LogP contribution >= 0.6 is 0 Å². The average molecular weight is 174 g/mol. The van der Waals surface area contributed by atoms with Crippen molar-refractivity contribution < 1.29 is 0 Å². The first-order chi connectivity index (χ1) is 6.33. The fourth-order valence-electron chi connectivity index (χ4n) is 2.65. The number of hydrogen-bond acceptors (Lipinski definition) is 0. The minimum absolute atomic E-state index is 0.862.